The van der Waals surface area contributed by atoms with Gasteiger partial charge in [-0.1, -0.05) is 41.6 Å². The zero-order chi connectivity index (χ0) is 25.6. The van der Waals surface area contributed by atoms with Crippen LogP contribution < -0.4 is 16.6 Å². The van der Waals surface area contributed by atoms with Gasteiger partial charge in [0.05, 0.1) is 12.3 Å². The van der Waals surface area contributed by atoms with Gasteiger partial charge in [-0.15, -0.1) is 10.2 Å². The zero-order valence-electron chi connectivity index (χ0n) is 19.1. The molecule has 0 saturated heterocycles. The molecule has 3 heterocycles. The van der Waals surface area contributed by atoms with Gasteiger partial charge in [-0.2, -0.15) is 0 Å². The third-order valence-corrected chi connectivity index (χ3v) is 6.81. The van der Waals surface area contributed by atoms with Crippen LogP contribution in [0.5, 0.6) is 0 Å². The third-order valence-electron chi connectivity index (χ3n) is 5.64. The lowest BCUT2D eigenvalue weighted by molar-refractivity contribution is -0.113. The second kappa shape index (κ2) is 9.28. The number of carbonyl (C=O) groups is 1. The molecule has 13 heteroatoms. The molecule has 0 bridgehead atoms. The Morgan fingerprint density at radius 1 is 1.08 bits per heavy atom. The zero-order valence-corrected chi connectivity index (χ0v) is 20.7. The average molecular weight is 528 g/mol. The average Bonchev–Trinajstić information content (AvgIpc) is 3.40. The number of hydrogen-bond donors (Lipinski definition) is 1. The van der Waals surface area contributed by atoms with Crippen molar-refractivity contribution in [2.45, 2.75) is 11.7 Å². The Morgan fingerprint density at radius 2 is 1.83 bits per heavy atom. The Bertz CT molecular complexity index is 1750. The van der Waals surface area contributed by atoms with Crippen LogP contribution in [-0.4, -0.2) is 40.0 Å². The van der Waals surface area contributed by atoms with Gasteiger partial charge in [0.1, 0.15) is 5.82 Å². The van der Waals surface area contributed by atoms with Crippen LogP contribution >= 0.6 is 23.4 Å². The van der Waals surface area contributed by atoms with Gasteiger partial charge in [0.2, 0.25) is 11.7 Å². The summed E-state index contributed by atoms with van der Waals surface area (Å²) in [4.78, 5) is 38.4. The summed E-state index contributed by atoms with van der Waals surface area (Å²) >= 11 is 7.08. The SMILES string of the molecule is Cn1c(=O)c2c(n(C)c1=O)n1c(SCC(=O)Nc3cccc(Cl)c3)nnc1n2Cc1ccc(F)cc1. The lowest BCUT2D eigenvalue weighted by Crippen LogP contribution is -2.37. The number of nitrogens with zero attached hydrogens (tertiary/aromatic N) is 6. The van der Waals surface area contributed by atoms with Crippen LogP contribution in [0.15, 0.2) is 63.3 Å². The van der Waals surface area contributed by atoms with Gasteiger partial charge in [-0.3, -0.25) is 23.3 Å². The van der Waals surface area contributed by atoms with Crippen molar-refractivity contribution in [3.05, 3.63) is 85.8 Å². The Labute approximate surface area is 211 Å². The summed E-state index contributed by atoms with van der Waals surface area (Å²) in [6.45, 7) is 0.193. The monoisotopic (exact) mass is 527 g/mol. The molecule has 36 heavy (non-hydrogen) atoms. The van der Waals surface area contributed by atoms with Crippen LogP contribution in [0.3, 0.4) is 0 Å². The van der Waals surface area contributed by atoms with E-state index in [9.17, 15) is 18.8 Å². The number of aryl methyl sites for hydroxylation is 1. The van der Waals surface area contributed by atoms with Crippen molar-refractivity contribution in [3.63, 3.8) is 0 Å². The molecule has 1 N–H and O–H groups in total. The molecular weight excluding hydrogens is 509 g/mol. The fourth-order valence-electron chi connectivity index (χ4n) is 3.94. The lowest BCUT2D eigenvalue weighted by Gasteiger charge is -2.08. The summed E-state index contributed by atoms with van der Waals surface area (Å²) in [5, 5.41) is 12.1. The number of rotatable bonds is 6. The highest BCUT2D eigenvalue weighted by Crippen LogP contribution is 2.25. The highest BCUT2D eigenvalue weighted by atomic mass is 35.5. The molecular formula is C23H19ClFN7O3S. The van der Waals surface area contributed by atoms with Gasteiger partial charge in [0.25, 0.3) is 5.56 Å². The first-order valence-corrected chi connectivity index (χ1v) is 12.1. The number of aromatic nitrogens is 6. The maximum Gasteiger partial charge on any atom is 0.332 e. The molecule has 0 atom stereocenters. The van der Waals surface area contributed by atoms with Crippen molar-refractivity contribution in [3.8, 4) is 0 Å². The molecule has 0 aliphatic carbocycles. The first-order chi connectivity index (χ1) is 17.2. The summed E-state index contributed by atoms with van der Waals surface area (Å²) in [7, 11) is 2.95. The minimum atomic E-state index is -0.517. The normalized spacial score (nSPS) is 11.4. The van der Waals surface area contributed by atoms with Crippen molar-refractivity contribution >= 4 is 51.9 Å². The molecule has 5 aromatic rings. The minimum Gasteiger partial charge on any atom is -0.325 e. The number of thioether (sulfide) groups is 1. The smallest absolute Gasteiger partial charge is 0.325 e. The molecule has 1 amide bonds. The molecule has 0 aliphatic heterocycles. The molecule has 2 aromatic carbocycles. The van der Waals surface area contributed by atoms with Crippen molar-refractivity contribution in [2.75, 3.05) is 11.1 Å². The van der Waals surface area contributed by atoms with E-state index in [0.717, 1.165) is 21.9 Å². The van der Waals surface area contributed by atoms with Crippen molar-refractivity contribution in [2.24, 2.45) is 14.1 Å². The van der Waals surface area contributed by atoms with Crippen molar-refractivity contribution < 1.29 is 9.18 Å². The van der Waals surface area contributed by atoms with E-state index in [1.54, 1.807) is 52.4 Å². The van der Waals surface area contributed by atoms with E-state index in [1.807, 2.05) is 0 Å². The third kappa shape index (κ3) is 4.18. The van der Waals surface area contributed by atoms with Gasteiger partial charge in [0.15, 0.2) is 16.3 Å². The standard InChI is InChI=1S/C23H19ClFN7O3S/c1-29-19-18(20(34)30(2)23(29)35)31(11-13-6-8-15(25)9-7-13)21-27-28-22(32(19)21)36-12-17(33)26-16-5-3-4-14(24)10-16/h3-10H,11-12H2,1-2H3,(H,26,33). The van der Waals surface area contributed by atoms with Crippen LogP contribution in [-0.2, 0) is 25.4 Å². The number of halogens is 2. The topological polar surface area (TPSA) is 108 Å². The Balaban J connectivity index is 1.57. The Morgan fingerprint density at radius 3 is 2.56 bits per heavy atom. The van der Waals surface area contributed by atoms with Gasteiger partial charge in [-0.25, -0.2) is 13.6 Å². The van der Waals surface area contributed by atoms with E-state index in [2.05, 4.69) is 15.5 Å². The largest absolute Gasteiger partial charge is 0.332 e. The fourth-order valence-corrected chi connectivity index (χ4v) is 4.86. The first kappa shape index (κ1) is 23.8. The summed E-state index contributed by atoms with van der Waals surface area (Å²) in [6, 6.07) is 12.7. The fraction of sp³-hybridized carbons (Fsp3) is 0.174. The summed E-state index contributed by atoms with van der Waals surface area (Å²) in [5.41, 5.74) is 0.792. The highest BCUT2D eigenvalue weighted by Gasteiger charge is 2.24. The van der Waals surface area contributed by atoms with Gasteiger partial charge < -0.3 is 5.32 Å². The number of fused-ring (bicyclic) bond motifs is 3. The number of carbonyl (C=O) groups excluding carboxylic acids is 1. The van der Waals surface area contributed by atoms with Crippen LogP contribution in [0.4, 0.5) is 10.1 Å². The molecule has 0 saturated carbocycles. The summed E-state index contributed by atoms with van der Waals surface area (Å²) < 4.78 is 19.0. The van der Waals surface area contributed by atoms with E-state index in [1.165, 1.54) is 23.7 Å². The number of anilines is 1. The molecule has 0 radical (unpaired) electrons. The first-order valence-electron chi connectivity index (χ1n) is 10.7. The number of hydrogen-bond acceptors (Lipinski definition) is 6. The molecule has 10 nitrogen and oxygen atoms in total. The second-order valence-corrected chi connectivity index (χ2v) is 9.43. The van der Waals surface area contributed by atoms with Crippen molar-refractivity contribution in [1.29, 1.82) is 0 Å². The number of amides is 1. The van der Waals surface area contributed by atoms with E-state index in [-0.39, 0.29) is 29.5 Å². The summed E-state index contributed by atoms with van der Waals surface area (Å²) in [6.07, 6.45) is 0. The van der Waals surface area contributed by atoms with Gasteiger partial charge >= 0.3 is 5.69 Å². The summed E-state index contributed by atoms with van der Waals surface area (Å²) in [5.74, 6) is -0.363. The van der Waals surface area contributed by atoms with E-state index in [4.69, 9.17) is 11.6 Å². The van der Waals surface area contributed by atoms with E-state index in [0.29, 0.717) is 27.3 Å². The highest BCUT2D eigenvalue weighted by molar-refractivity contribution is 7.99. The van der Waals surface area contributed by atoms with Gasteiger partial charge in [0, 0.05) is 24.8 Å². The van der Waals surface area contributed by atoms with Crippen molar-refractivity contribution in [1.82, 2.24) is 28.3 Å². The molecule has 0 fully saturated rings. The maximum atomic E-state index is 13.4. The molecule has 5 rings (SSSR count). The predicted molar refractivity (Wildman–Crippen MR) is 135 cm³/mol. The molecule has 3 aromatic heterocycles. The molecule has 0 unspecified atom stereocenters. The van der Waals surface area contributed by atoms with Gasteiger partial charge in [-0.05, 0) is 35.9 Å². The predicted octanol–water partition coefficient (Wildman–Crippen LogP) is 2.65. The second-order valence-electron chi connectivity index (χ2n) is 8.06. The Kier molecular flexibility index (Phi) is 6.14. The number of imidazole rings is 1. The van der Waals surface area contributed by atoms with Crippen LogP contribution in [0.1, 0.15) is 5.56 Å². The molecule has 0 aliphatic rings. The van der Waals surface area contributed by atoms with E-state index < -0.39 is 11.2 Å². The number of benzene rings is 2. The van der Waals surface area contributed by atoms with Crippen LogP contribution in [0, 0.1) is 5.82 Å². The lowest BCUT2D eigenvalue weighted by atomic mass is 10.2. The quantitative estimate of drug-likeness (QED) is 0.340. The Hall–Kier alpha value is -3.90. The maximum absolute atomic E-state index is 13.4. The van der Waals surface area contributed by atoms with E-state index >= 15 is 0 Å². The van der Waals surface area contributed by atoms with Crippen LogP contribution in [0.25, 0.3) is 16.9 Å². The van der Waals surface area contributed by atoms with Crippen LogP contribution in [0.2, 0.25) is 5.02 Å². The minimum absolute atomic E-state index is 0.00324. The molecule has 0 spiro atoms. The molecule has 184 valence electrons. The number of nitrogens with one attached hydrogen (secondary N) is 1.